The van der Waals surface area contributed by atoms with Crippen LogP contribution in [0.15, 0.2) is 36.4 Å². The number of nitrogens with two attached hydrogens (primary N) is 1. The van der Waals surface area contributed by atoms with E-state index in [2.05, 4.69) is 0 Å². The molecular weight excluding hydrogens is 269 g/mol. The fraction of sp³-hybridized carbons (Fsp3) is 0.143. The second-order valence-corrected chi connectivity index (χ2v) is 4.86. The number of halogens is 2. The Morgan fingerprint density at radius 1 is 1.06 bits per heavy atom. The van der Waals surface area contributed by atoms with E-state index in [4.69, 9.17) is 28.9 Å². The predicted octanol–water partition coefficient (Wildman–Crippen LogP) is 3.87. The normalized spacial score (nSPS) is 10.6. The Hall–Kier alpha value is -1.22. The fourth-order valence-corrected chi connectivity index (χ4v) is 2.30. The van der Waals surface area contributed by atoms with Crippen molar-refractivity contribution in [3.63, 3.8) is 0 Å². The lowest BCUT2D eigenvalue weighted by Crippen LogP contribution is -2.02. The van der Waals surface area contributed by atoms with Gasteiger partial charge in [-0.15, -0.1) is 0 Å². The minimum Gasteiger partial charge on any atom is -0.506 e. The highest BCUT2D eigenvalue weighted by Gasteiger charge is 2.09. The molecule has 0 bridgehead atoms. The first-order valence-electron chi connectivity index (χ1n) is 5.59. The quantitative estimate of drug-likeness (QED) is 0.897. The van der Waals surface area contributed by atoms with Crippen molar-refractivity contribution in [1.82, 2.24) is 0 Å². The van der Waals surface area contributed by atoms with Gasteiger partial charge in [0.2, 0.25) is 0 Å². The average Bonchev–Trinajstić information content (AvgIpc) is 2.35. The van der Waals surface area contributed by atoms with Crippen LogP contribution in [0.1, 0.15) is 5.56 Å². The van der Waals surface area contributed by atoms with Gasteiger partial charge in [0.1, 0.15) is 5.75 Å². The van der Waals surface area contributed by atoms with Crippen molar-refractivity contribution in [2.24, 2.45) is 5.73 Å². The van der Waals surface area contributed by atoms with E-state index < -0.39 is 0 Å². The Morgan fingerprint density at radius 3 is 2.33 bits per heavy atom. The second kappa shape index (κ2) is 5.61. The van der Waals surface area contributed by atoms with Crippen molar-refractivity contribution in [3.05, 3.63) is 52.0 Å². The van der Waals surface area contributed by atoms with Crippen LogP contribution in [0.3, 0.4) is 0 Å². The lowest BCUT2D eigenvalue weighted by Gasteiger charge is -2.08. The second-order valence-electron chi connectivity index (χ2n) is 4.02. The van der Waals surface area contributed by atoms with E-state index in [1.807, 2.05) is 24.3 Å². The molecule has 0 aliphatic rings. The maximum absolute atomic E-state index is 9.94. The first-order valence-corrected chi connectivity index (χ1v) is 6.35. The molecule has 0 saturated carbocycles. The molecule has 18 heavy (non-hydrogen) atoms. The van der Waals surface area contributed by atoms with Gasteiger partial charge in [0.05, 0.1) is 5.02 Å². The summed E-state index contributed by atoms with van der Waals surface area (Å²) in [6, 6.07) is 11.0. The minimum absolute atomic E-state index is 0.0487. The Kier molecular flexibility index (Phi) is 4.12. The lowest BCUT2D eigenvalue weighted by atomic mass is 10.0. The number of aromatic hydroxyl groups is 1. The van der Waals surface area contributed by atoms with E-state index in [0.29, 0.717) is 17.1 Å². The minimum atomic E-state index is 0.0487. The molecule has 0 aliphatic carbocycles. The van der Waals surface area contributed by atoms with Gasteiger partial charge in [-0.05, 0) is 36.2 Å². The first kappa shape index (κ1) is 13.2. The van der Waals surface area contributed by atoms with E-state index in [9.17, 15) is 5.11 Å². The van der Waals surface area contributed by atoms with Gasteiger partial charge in [-0.3, -0.25) is 0 Å². The van der Waals surface area contributed by atoms with Crippen LogP contribution in [0.5, 0.6) is 5.75 Å². The van der Waals surface area contributed by atoms with Crippen molar-refractivity contribution in [2.75, 3.05) is 6.54 Å². The van der Waals surface area contributed by atoms with Crippen molar-refractivity contribution in [1.29, 1.82) is 0 Å². The molecule has 0 unspecified atom stereocenters. The van der Waals surface area contributed by atoms with Gasteiger partial charge in [0.15, 0.2) is 0 Å². The smallest absolute Gasteiger partial charge is 0.142 e. The molecule has 94 valence electrons. The van der Waals surface area contributed by atoms with Gasteiger partial charge < -0.3 is 10.8 Å². The van der Waals surface area contributed by atoms with Gasteiger partial charge in [0, 0.05) is 10.6 Å². The van der Waals surface area contributed by atoms with Crippen molar-refractivity contribution >= 4 is 23.2 Å². The summed E-state index contributed by atoms with van der Waals surface area (Å²) in [5, 5.41) is 10.7. The van der Waals surface area contributed by atoms with E-state index in [-0.39, 0.29) is 10.8 Å². The van der Waals surface area contributed by atoms with Crippen LogP contribution in [0.25, 0.3) is 11.1 Å². The zero-order valence-electron chi connectivity index (χ0n) is 9.66. The summed E-state index contributed by atoms with van der Waals surface area (Å²) in [4.78, 5) is 0. The summed E-state index contributed by atoms with van der Waals surface area (Å²) < 4.78 is 0. The number of phenolic OH excluding ortho intramolecular Hbond substituents is 1. The number of hydrogen-bond acceptors (Lipinski definition) is 2. The van der Waals surface area contributed by atoms with Crippen molar-refractivity contribution in [2.45, 2.75) is 6.42 Å². The third-order valence-electron chi connectivity index (χ3n) is 2.73. The Bertz CT molecular complexity index is 552. The Labute approximate surface area is 116 Å². The van der Waals surface area contributed by atoms with Gasteiger partial charge in [-0.1, -0.05) is 47.5 Å². The SMILES string of the molecule is NCCc1ccc(-c2cc(Cl)cc(Cl)c2O)cc1. The molecule has 3 N–H and O–H groups in total. The Balaban J connectivity index is 2.42. The predicted molar refractivity (Wildman–Crippen MR) is 76.3 cm³/mol. The van der Waals surface area contributed by atoms with Crippen LogP contribution in [0.2, 0.25) is 10.0 Å². The number of hydrogen-bond donors (Lipinski definition) is 2. The molecule has 0 aliphatic heterocycles. The molecule has 0 aromatic heterocycles. The summed E-state index contributed by atoms with van der Waals surface area (Å²) >= 11 is 11.8. The van der Waals surface area contributed by atoms with E-state index >= 15 is 0 Å². The van der Waals surface area contributed by atoms with Crippen LogP contribution in [0, 0.1) is 0 Å². The van der Waals surface area contributed by atoms with Crippen molar-refractivity contribution in [3.8, 4) is 16.9 Å². The number of rotatable bonds is 3. The van der Waals surface area contributed by atoms with E-state index in [1.54, 1.807) is 6.07 Å². The molecule has 0 fully saturated rings. The van der Waals surface area contributed by atoms with Crippen LogP contribution in [-0.4, -0.2) is 11.7 Å². The highest BCUT2D eigenvalue weighted by Crippen LogP contribution is 2.37. The van der Waals surface area contributed by atoms with Gasteiger partial charge >= 0.3 is 0 Å². The topological polar surface area (TPSA) is 46.2 Å². The highest BCUT2D eigenvalue weighted by molar-refractivity contribution is 6.36. The fourth-order valence-electron chi connectivity index (χ4n) is 1.80. The standard InChI is InChI=1S/C14H13Cl2NO/c15-11-7-12(14(18)13(16)8-11)10-3-1-9(2-4-10)5-6-17/h1-4,7-8,18H,5-6,17H2. The maximum Gasteiger partial charge on any atom is 0.142 e. The molecule has 0 saturated heterocycles. The first-order chi connectivity index (χ1) is 8.61. The largest absolute Gasteiger partial charge is 0.506 e. The zero-order chi connectivity index (χ0) is 13.1. The summed E-state index contributed by atoms with van der Waals surface area (Å²) in [6.45, 7) is 0.619. The molecule has 2 aromatic carbocycles. The summed E-state index contributed by atoms with van der Waals surface area (Å²) in [6.07, 6.45) is 0.836. The average molecular weight is 282 g/mol. The molecule has 0 amide bonds. The third-order valence-corrected chi connectivity index (χ3v) is 3.23. The molecule has 2 nitrogen and oxygen atoms in total. The molecule has 2 aromatic rings. The molecule has 0 radical (unpaired) electrons. The van der Waals surface area contributed by atoms with E-state index in [0.717, 1.165) is 17.5 Å². The zero-order valence-corrected chi connectivity index (χ0v) is 11.2. The summed E-state index contributed by atoms with van der Waals surface area (Å²) in [7, 11) is 0. The molecule has 0 atom stereocenters. The molecule has 4 heteroatoms. The molecule has 0 heterocycles. The summed E-state index contributed by atoms with van der Waals surface area (Å²) in [5.74, 6) is 0.0487. The van der Waals surface area contributed by atoms with Crippen LogP contribution >= 0.6 is 23.2 Å². The highest BCUT2D eigenvalue weighted by atomic mass is 35.5. The van der Waals surface area contributed by atoms with Crippen molar-refractivity contribution < 1.29 is 5.11 Å². The van der Waals surface area contributed by atoms with Crippen LogP contribution in [0.4, 0.5) is 0 Å². The Morgan fingerprint density at radius 2 is 1.72 bits per heavy atom. The lowest BCUT2D eigenvalue weighted by molar-refractivity contribution is 0.477. The maximum atomic E-state index is 9.94. The number of phenols is 1. The van der Waals surface area contributed by atoms with Crippen LogP contribution < -0.4 is 5.73 Å². The monoisotopic (exact) mass is 281 g/mol. The van der Waals surface area contributed by atoms with Gasteiger partial charge in [0.25, 0.3) is 0 Å². The molecule has 2 rings (SSSR count). The van der Waals surface area contributed by atoms with Crippen LogP contribution in [-0.2, 0) is 6.42 Å². The van der Waals surface area contributed by atoms with Gasteiger partial charge in [-0.2, -0.15) is 0 Å². The number of benzene rings is 2. The molecular formula is C14H13Cl2NO. The molecule has 0 spiro atoms. The third kappa shape index (κ3) is 2.78. The van der Waals surface area contributed by atoms with E-state index in [1.165, 1.54) is 6.07 Å². The summed E-state index contributed by atoms with van der Waals surface area (Å²) in [5.41, 5.74) is 8.16. The van der Waals surface area contributed by atoms with Gasteiger partial charge in [-0.25, -0.2) is 0 Å².